The molecule has 2 N–H and O–H groups in total. The minimum absolute atomic E-state index is 0.223. The van der Waals surface area contributed by atoms with Gasteiger partial charge in [0.25, 0.3) is 5.91 Å². The molecule has 0 saturated heterocycles. The first kappa shape index (κ1) is 23.5. The lowest BCUT2D eigenvalue weighted by molar-refractivity contribution is -0.115. The molecular weight excluding hydrogens is 441 g/mol. The number of nitrogens with one attached hydrogen (secondary N) is 2. The molecule has 0 fully saturated rings. The van der Waals surface area contributed by atoms with Crippen molar-refractivity contribution in [3.05, 3.63) is 76.9 Å². The first-order valence-electron chi connectivity index (χ1n) is 9.76. The number of halogens is 3. The number of hydrogen-bond donors (Lipinski definition) is 2. The molecule has 8 nitrogen and oxygen atoms in total. The summed E-state index contributed by atoms with van der Waals surface area (Å²) in [5.74, 6) is -6.54. The Kier molecular flexibility index (Phi) is 7.11. The maximum atomic E-state index is 13.6. The zero-order valence-electron chi connectivity index (χ0n) is 17.6. The lowest BCUT2D eigenvalue weighted by Gasteiger charge is -2.09. The molecule has 0 spiro atoms. The zero-order valence-corrected chi connectivity index (χ0v) is 17.6. The predicted octanol–water partition coefficient (Wildman–Crippen LogP) is 3.14. The summed E-state index contributed by atoms with van der Waals surface area (Å²) >= 11 is 0. The predicted molar refractivity (Wildman–Crippen MR) is 112 cm³/mol. The molecule has 0 atom stereocenters. The Morgan fingerprint density at radius 1 is 1.03 bits per heavy atom. The van der Waals surface area contributed by atoms with Crippen LogP contribution in [0.1, 0.15) is 33.3 Å². The average Bonchev–Trinajstić information content (AvgIpc) is 3.19. The number of nitrogens with zero attached hydrogens (tertiary/aromatic N) is 2. The van der Waals surface area contributed by atoms with E-state index in [1.807, 2.05) is 0 Å². The van der Waals surface area contributed by atoms with Gasteiger partial charge in [0.1, 0.15) is 5.56 Å². The lowest BCUT2D eigenvalue weighted by Crippen LogP contribution is -2.33. The van der Waals surface area contributed by atoms with Gasteiger partial charge in [-0.25, -0.2) is 22.6 Å². The van der Waals surface area contributed by atoms with Crippen LogP contribution in [0.4, 0.5) is 18.9 Å². The molecule has 33 heavy (non-hydrogen) atoms. The van der Waals surface area contributed by atoms with E-state index in [0.29, 0.717) is 23.0 Å². The highest BCUT2D eigenvalue weighted by atomic mass is 19.2. The van der Waals surface area contributed by atoms with E-state index in [2.05, 4.69) is 15.7 Å². The minimum Gasteiger partial charge on any atom is -0.462 e. The Labute approximate surface area is 186 Å². The SMILES string of the molecule is CCOC(=O)c1cnn(-c2ccc(C(=O)NCC(=O)Nc3ccc(F)c(F)c3F)cc2)c1C. The van der Waals surface area contributed by atoms with Crippen molar-refractivity contribution >= 4 is 23.5 Å². The molecule has 0 aliphatic carbocycles. The normalized spacial score (nSPS) is 10.6. The van der Waals surface area contributed by atoms with E-state index in [0.717, 1.165) is 6.07 Å². The van der Waals surface area contributed by atoms with Crippen molar-refractivity contribution in [1.82, 2.24) is 15.1 Å². The van der Waals surface area contributed by atoms with E-state index >= 15 is 0 Å². The van der Waals surface area contributed by atoms with Crippen LogP contribution < -0.4 is 10.6 Å². The zero-order chi connectivity index (χ0) is 24.1. The summed E-state index contributed by atoms with van der Waals surface area (Å²) < 4.78 is 46.3. The van der Waals surface area contributed by atoms with Crippen molar-refractivity contribution in [1.29, 1.82) is 0 Å². The largest absolute Gasteiger partial charge is 0.462 e. The van der Waals surface area contributed by atoms with Crippen molar-refractivity contribution in [2.45, 2.75) is 13.8 Å². The molecule has 172 valence electrons. The fraction of sp³-hybridized carbons (Fsp3) is 0.182. The first-order valence-corrected chi connectivity index (χ1v) is 9.76. The Morgan fingerprint density at radius 3 is 2.39 bits per heavy atom. The van der Waals surface area contributed by atoms with E-state index in [1.54, 1.807) is 26.0 Å². The highest BCUT2D eigenvalue weighted by Crippen LogP contribution is 2.19. The highest BCUT2D eigenvalue weighted by Gasteiger charge is 2.17. The molecule has 1 aromatic heterocycles. The quantitative estimate of drug-likeness (QED) is 0.417. The Bertz CT molecular complexity index is 1210. The number of aromatic nitrogens is 2. The Hall–Kier alpha value is -4.15. The van der Waals surface area contributed by atoms with Crippen LogP contribution in [0, 0.1) is 24.4 Å². The highest BCUT2D eigenvalue weighted by molar-refractivity contribution is 5.99. The second kappa shape index (κ2) is 9.98. The fourth-order valence-corrected chi connectivity index (χ4v) is 2.91. The van der Waals surface area contributed by atoms with Gasteiger partial charge >= 0.3 is 5.97 Å². The molecule has 3 aromatic rings. The minimum atomic E-state index is -1.71. The molecular formula is C22H19F3N4O4. The van der Waals surface area contributed by atoms with E-state index < -0.39 is 47.5 Å². The smallest absolute Gasteiger partial charge is 0.341 e. The molecule has 0 unspecified atom stereocenters. The summed E-state index contributed by atoms with van der Waals surface area (Å²) in [6.45, 7) is 3.11. The molecule has 0 saturated carbocycles. The number of amides is 2. The van der Waals surface area contributed by atoms with Gasteiger partial charge in [-0.05, 0) is 50.2 Å². The summed E-state index contributed by atoms with van der Waals surface area (Å²) in [6.07, 6.45) is 1.39. The molecule has 1 heterocycles. The number of anilines is 1. The average molecular weight is 460 g/mol. The van der Waals surface area contributed by atoms with Gasteiger partial charge in [0.15, 0.2) is 17.5 Å². The fourth-order valence-electron chi connectivity index (χ4n) is 2.91. The molecule has 0 bridgehead atoms. The van der Waals surface area contributed by atoms with E-state index in [4.69, 9.17) is 4.74 Å². The van der Waals surface area contributed by atoms with Gasteiger partial charge in [-0.2, -0.15) is 5.10 Å². The number of carbonyl (C=O) groups is 3. The van der Waals surface area contributed by atoms with Crippen molar-refractivity contribution in [2.24, 2.45) is 0 Å². The van der Waals surface area contributed by atoms with Crippen LogP contribution in [0.2, 0.25) is 0 Å². The van der Waals surface area contributed by atoms with Crippen LogP contribution >= 0.6 is 0 Å². The van der Waals surface area contributed by atoms with Gasteiger partial charge in [0.05, 0.1) is 36.4 Å². The summed E-state index contributed by atoms with van der Waals surface area (Å²) in [4.78, 5) is 36.1. The van der Waals surface area contributed by atoms with Gasteiger partial charge in [0, 0.05) is 5.56 Å². The summed E-state index contributed by atoms with van der Waals surface area (Å²) in [5, 5.41) is 8.56. The Morgan fingerprint density at radius 2 is 1.73 bits per heavy atom. The topological polar surface area (TPSA) is 102 Å². The molecule has 11 heteroatoms. The van der Waals surface area contributed by atoms with Crippen LogP contribution in [0.15, 0.2) is 42.6 Å². The van der Waals surface area contributed by atoms with E-state index in [9.17, 15) is 27.6 Å². The molecule has 0 aliphatic rings. The summed E-state index contributed by atoms with van der Waals surface area (Å²) in [6, 6.07) is 7.72. The van der Waals surface area contributed by atoms with Gasteiger partial charge < -0.3 is 15.4 Å². The molecule has 0 radical (unpaired) electrons. The number of carbonyl (C=O) groups excluding carboxylic acids is 3. The molecule has 3 rings (SSSR count). The lowest BCUT2D eigenvalue weighted by atomic mass is 10.2. The number of esters is 1. The standard InChI is InChI=1S/C22H19F3N4O4/c1-3-33-22(32)15-10-27-29(12(15)2)14-6-4-13(5-7-14)21(31)26-11-18(30)28-17-9-8-16(23)19(24)20(17)25/h4-10H,3,11H2,1-2H3,(H,26,31)(H,28,30). The van der Waals surface area contributed by atoms with Gasteiger partial charge in [-0.1, -0.05) is 0 Å². The van der Waals surface area contributed by atoms with Crippen molar-refractivity contribution < 1.29 is 32.3 Å². The molecule has 2 amide bonds. The van der Waals surface area contributed by atoms with Crippen LogP contribution in [-0.2, 0) is 9.53 Å². The van der Waals surface area contributed by atoms with E-state index in [1.165, 1.54) is 23.0 Å². The third-order valence-corrected chi connectivity index (χ3v) is 4.60. The third kappa shape index (κ3) is 5.20. The third-order valence-electron chi connectivity index (χ3n) is 4.60. The first-order chi connectivity index (χ1) is 15.7. The monoisotopic (exact) mass is 460 g/mol. The van der Waals surface area contributed by atoms with Gasteiger partial charge in [-0.3, -0.25) is 9.59 Å². The molecule has 2 aromatic carbocycles. The van der Waals surface area contributed by atoms with Gasteiger partial charge in [-0.15, -0.1) is 0 Å². The van der Waals surface area contributed by atoms with Gasteiger partial charge in [0.2, 0.25) is 5.91 Å². The van der Waals surface area contributed by atoms with Crippen LogP contribution in [-0.4, -0.2) is 40.7 Å². The molecule has 0 aliphatic heterocycles. The van der Waals surface area contributed by atoms with E-state index in [-0.39, 0.29) is 12.2 Å². The second-order valence-corrected chi connectivity index (χ2v) is 6.78. The summed E-state index contributed by atoms with van der Waals surface area (Å²) in [5.41, 5.74) is 1.15. The summed E-state index contributed by atoms with van der Waals surface area (Å²) in [7, 11) is 0. The maximum absolute atomic E-state index is 13.6. The van der Waals surface area contributed by atoms with Crippen molar-refractivity contribution in [3.8, 4) is 5.69 Å². The maximum Gasteiger partial charge on any atom is 0.341 e. The number of rotatable bonds is 7. The number of hydrogen-bond acceptors (Lipinski definition) is 5. The van der Waals surface area contributed by atoms with Crippen LogP contribution in [0.3, 0.4) is 0 Å². The number of benzene rings is 2. The van der Waals surface area contributed by atoms with Crippen molar-refractivity contribution in [3.63, 3.8) is 0 Å². The van der Waals surface area contributed by atoms with Crippen molar-refractivity contribution in [2.75, 3.05) is 18.5 Å². The van der Waals surface area contributed by atoms with Crippen LogP contribution in [0.5, 0.6) is 0 Å². The number of ether oxygens (including phenoxy) is 1. The van der Waals surface area contributed by atoms with Crippen LogP contribution in [0.25, 0.3) is 5.69 Å². The Balaban J connectivity index is 1.61. The second-order valence-electron chi connectivity index (χ2n) is 6.78.